The summed E-state index contributed by atoms with van der Waals surface area (Å²) in [6.07, 6.45) is 1.87. The highest BCUT2D eigenvalue weighted by molar-refractivity contribution is 6.02. The van der Waals surface area contributed by atoms with Crippen molar-refractivity contribution < 1.29 is 4.74 Å². The molecule has 0 fully saturated rings. The fourth-order valence-electron chi connectivity index (χ4n) is 3.82. The Labute approximate surface area is 190 Å². The van der Waals surface area contributed by atoms with Gasteiger partial charge in [0.1, 0.15) is 29.7 Å². The first kappa shape index (κ1) is 19.2. The number of aromatic nitrogens is 5. The van der Waals surface area contributed by atoms with Crippen molar-refractivity contribution in [1.82, 2.24) is 30.3 Å². The van der Waals surface area contributed by atoms with Crippen molar-refractivity contribution in [1.29, 1.82) is 0 Å². The lowest BCUT2D eigenvalue weighted by Crippen LogP contribution is -2.19. The predicted octanol–water partition coefficient (Wildman–Crippen LogP) is 3.74. The fraction of sp³-hybridized carbons (Fsp3) is 0.120. The summed E-state index contributed by atoms with van der Waals surface area (Å²) in [6, 6.07) is 23.9. The molecular formula is C25H21N7O. The quantitative estimate of drug-likeness (QED) is 0.424. The number of benzene rings is 3. The molecule has 6 rings (SSSR count). The maximum absolute atomic E-state index is 5.90. The largest absolute Gasteiger partial charge is 0.487 e. The number of rotatable bonds is 6. The van der Waals surface area contributed by atoms with E-state index in [0.29, 0.717) is 6.61 Å². The maximum atomic E-state index is 5.90. The van der Waals surface area contributed by atoms with Gasteiger partial charge in [0, 0.05) is 17.7 Å². The van der Waals surface area contributed by atoms with Gasteiger partial charge in [0.05, 0.1) is 29.5 Å². The minimum absolute atomic E-state index is 0.345. The van der Waals surface area contributed by atoms with Crippen LogP contribution in [0.1, 0.15) is 11.3 Å². The highest BCUT2D eigenvalue weighted by atomic mass is 16.5. The van der Waals surface area contributed by atoms with Gasteiger partial charge in [-0.25, -0.2) is 9.67 Å². The highest BCUT2D eigenvalue weighted by Gasteiger charge is 2.11. The average Bonchev–Trinajstić information content (AvgIpc) is 3.64. The van der Waals surface area contributed by atoms with Gasteiger partial charge < -0.3 is 15.0 Å². The van der Waals surface area contributed by atoms with Gasteiger partial charge in [-0.15, -0.1) is 5.10 Å². The average molecular weight is 435 g/mol. The molecule has 1 aliphatic heterocycles. The molecule has 2 N–H and O–H groups in total. The van der Waals surface area contributed by atoms with Crippen LogP contribution >= 0.6 is 0 Å². The van der Waals surface area contributed by atoms with Crippen LogP contribution in [0.15, 0.2) is 84.0 Å². The molecule has 0 bridgehead atoms. The smallest absolute Gasteiger partial charge is 0.138 e. The Morgan fingerprint density at radius 2 is 1.79 bits per heavy atom. The number of aliphatic imine (C=N–C) groups is 1. The van der Waals surface area contributed by atoms with Crippen LogP contribution in [0.3, 0.4) is 0 Å². The summed E-state index contributed by atoms with van der Waals surface area (Å²) in [5, 5.41) is 11.7. The van der Waals surface area contributed by atoms with Crippen molar-refractivity contribution in [2.75, 3.05) is 13.1 Å². The Balaban J connectivity index is 1.15. The minimum atomic E-state index is 0.345. The second-order valence-corrected chi connectivity index (χ2v) is 7.78. The Kier molecular flexibility index (Phi) is 4.80. The number of ether oxygens (including phenoxy) is 1. The van der Waals surface area contributed by atoms with E-state index in [-0.39, 0.29) is 0 Å². The van der Waals surface area contributed by atoms with Crippen LogP contribution < -0.4 is 10.1 Å². The van der Waals surface area contributed by atoms with E-state index < -0.39 is 0 Å². The van der Waals surface area contributed by atoms with Crippen LogP contribution in [0.5, 0.6) is 5.75 Å². The Bertz CT molecular complexity index is 1430. The highest BCUT2D eigenvalue weighted by Crippen LogP contribution is 2.24. The van der Waals surface area contributed by atoms with Gasteiger partial charge in [-0.2, -0.15) is 0 Å². The number of hydrogen-bond donors (Lipinski definition) is 2. The van der Waals surface area contributed by atoms with E-state index in [1.165, 1.54) is 0 Å². The molecule has 0 radical (unpaired) electrons. The topological polar surface area (TPSA) is 93.0 Å². The first-order chi connectivity index (χ1) is 16.3. The summed E-state index contributed by atoms with van der Waals surface area (Å²) >= 11 is 0. The number of nitrogens with zero attached hydrogens (tertiary/aromatic N) is 5. The van der Waals surface area contributed by atoms with E-state index in [9.17, 15) is 0 Å². The van der Waals surface area contributed by atoms with Gasteiger partial charge in [0.15, 0.2) is 0 Å². The molecule has 1 aliphatic rings. The first-order valence-corrected chi connectivity index (χ1v) is 10.8. The normalized spacial score (nSPS) is 13.2. The SMILES string of the molecule is c1ccc(-n2cc(COc3ccc(-c4nc5ccc(C6=NCCN6)cc5[nH]4)cc3)nn2)cc1. The lowest BCUT2D eigenvalue weighted by atomic mass is 10.2. The van der Waals surface area contributed by atoms with Gasteiger partial charge in [0.25, 0.3) is 0 Å². The third kappa shape index (κ3) is 3.94. The molecule has 3 heterocycles. The second-order valence-electron chi connectivity index (χ2n) is 7.78. The molecule has 0 saturated heterocycles. The van der Waals surface area contributed by atoms with Crippen molar-refractivity contribution in [3.8, 4) is 22.8 Å². The number of amidine groups is 1. The molecule has 0 atom stereocenters. The number of hydrogen-bond acceptors (Lipinski definition) is 6. The zero-order valence-corrected chi connectivity index (χ0v) is 17.8. The predicted molar refractivity (Wildman–Crippen MR) is 127 cm³/mol. The number of H-pyrrole nitrogens is 1. The van der Waals surface area contributed by atoms with E-state index in [4.69, 9.17) is 9.72 Å². The summed E-state index contributed by atoms with van der Waals surface area (Å²) < 4.78 is 7.64. The number of para-hydroxylation sites is 1. The zero-order valence-electron chi connectivity index (χ0n) is 17.8. The van der Waals surface area contributed by atoms with Gasteiger partial charge >= 0.3 is 0 Å². The number of aromatic amines is 1. The molecule has 5 aromatic rings. The summed E-state index contributed by atoms with van der Waals surface area (Å²) in [4.78, 5) is 12.6. The second kappa shape index (κ2) is 8.23. The molecule has 8 heteroatoms. The standard InChI is InChI=1S/C25H21N7O/c1-2-4-20(5-3-1)32-15-19(30-31-32)16-33-21-9-6-17(7-10-21)25-28-22-11-8-18(14-23(22)29-25)24-26-12-13-27-24/h1-11,14-15H,12-13,16H2,(H,26,27)(H,28,29). The molecule has 0 unspecified atom stereocenters. The Hall–Kier alpha value is -4.46. The summed E-state index contributed by atoms with van der Waals surface area (Å²) in [5.74, 6) is 2.52. The van der Waals surface area contributed by atoms with Crippen LogP contribution in [-0.2, 0) is 6.61 Å². The molecule has 162 valence electrons. The Morgan fingerprint density at radius 3 is 2.61 bits per heavy atom. The van der Waals surface area contributed by atoms with Crippen molar-refractivity contribution in [2.24, 2.45) is 4.99 Å². The molecule has 33 heavy (non-hydrogen) atoms. The van der Waals surface area contributed by atoms with Crippen molar-refractivity contribution in [3.63, 3.8) is 0 Å². The minimum Gasteiger partial charge on any atom is -0.487 e. The van der Waals surface area contributed by atoms with Gasteiger partial charge in [0.2, 0.25) is 0 Å². The third-order valence-electron chi connectivity index (χ3n) is 5.51. The Morgan fingerprint density at radius 1 is 0.939 bits per heavy atom. The maximum Gasteiger partial charge on any atom is 0.138 e. The monoisotopic (exact) mass is 435 g/mol. The van der Waals surface area contributed by atoms with E-state index in [1.807, 2.05) is 66.9 Å². The first-order valence-electron chi connectivity index (χ1n) is 10.8. The summed E-state index contributed by atoms with van der Waals surface area (Å²) in [7, 11) is 0. The molecular weight excluding hydrogens is 414 g/mol. The summed E-state index contributed by atoms with van der Waals surface area (Å²) in [5.41, 5.74) is 5.70. The molecule has 0 aliphatic carbocycles. The van der Waals surface area contributed by atoms with E-state index in [2.05, 4.69) is 37.7 Å². The van der Waals surface area contributed by atoms with Crippen molar-refractivity contribution in [3.05, 3.63) is 90.3 Å². The zero-order chi connectivity index (χ0) is 22.0. The summed E-state index contributed by atoms with van der Waals surface area (Å²) in [6.45, 7) is 2.06. The third-order valence-corrected chi connectivity index (χ3v) is 5.51. The molecule has 8 nitrogen and oxygen atoms in total. The van der Waals surface area contributed by atoms with Crippen LogP contribution in [0.2, 0.25) is 0 Å². The van der Waals surface area contributed by atoms with E-state index in [1.54, 1.807) is 4.68 Å². The number of fused-ring (bicyclic) bond motifs is 1. The van der Waals surface area contributed by atoms with E-state index in [0.717, 1.165) is 64.0 Å². The number of nitrogens with one attached hydrogen (secondary N) is 2. The molecule has 0 saturated carbocycles. The van der Waals surface area contributed by atoms with Crippen LogP contribution in [0.25, 0.3) is 28.1 Å². The fourth-order valence-corrected chi connectivity index (χ4v) is 3.82. The van der Waals surface area contributed by atoms with Crippen LogP contribution in [-0.4, -0.2) is 43.9 Å². The van der Waals surface area contributed by atoms with Gasteiger partial charge in [-0.1, -0.05) is 23.4 Å². The van der Waals surface area contributed by atoms with Crippen LogP contribution in [0, 0.1) is 0 Å². The van der Waals surface area contributed by atoms with Crippen molar-refractivity contribution in [2.45, 2.75) is 6.61 Å². The molecule has 2 aromatic heterocycles. The molecule has 0 amide bonds. The lowest BCUT2D eigenvalue weighted by Gasteiger charge is -2.04. The van der Waals surface area contributed by atoms with Gasteiger partial charge in [-0.05, 0) is 54.6 Å². The molecule has 3 aromatic carbocycles. The van der Waals surface area contributed by atoms with Gasteiger partial charge in [-0.3, -0.25) is 4.99 Å². The number of imidazole rings is 1. The van der Waals surface area contributed by atoms with Crippen LogP contribution in [0.4, 0.5) is 0 Å². The van der Waals surface area contributed by atoms with E-state index >= 15 is 0 Å². The van der Waals surface area contributed by atoms with Crippen molar-refractivity contribution >= 4 is 16.9 Å². The lowest BCUT2D eigenvalue weighted by molar-refractivity contribution is 0.301. The molecule has 0 spiro atoms.